The van der Waals surface area contributed by atoms with Gasteiger partial charge in [-0.15, -0.1) is 0 Å². The van der Waals surface area contributed by atoms with Crippen LogP contribution in [-0.2, 0) is 6.54 Å². The highest BCUT2D eigenvalue weighted by Crippen LogP contribution is 2.14. The van der Waals surface area contributed by atoms with Crippen molar-refractivity contribution in [2.45, 2.75) is 26.0 Å². The summed E-state index contributed by atoms with van der Waals surface area (Å²) in [5.74, 6) is 0. The van der Waals surface area contributed by atoms with E-state index in [2.05, 4.69) is 9.88 Å². The molecule has 0 unspecified atom stereocenters. The molecule has 1 fully saturated rings. The van der Waals surface area contributed by atoms with E-state index in [1.807, 2.05) is 25.1 Å². The van der Waals surface area contributed by atoms with E-state index in [0.29, 0.717) is 13.1 Å². The van der Waals surface area contributed by atoms with Gasteiger partial charge in [0.15, 0.2) is 5.43 Å². The van der Waals surface area contributed by atoms with Crippen molar-refractivity contribution in [3.8, 4) is 0 Å². The van der Waals surface area contributed by atoms with Gasteiger partial charge in [-0.1, -0.05) is 11.6 Å². The van der Waals surface area contributed by atoms with Crippen LogP contribution in [0.4, 0.5) is 0 Å². The predicted molar refractivity (Wildman–Crippen MR) is 75.2 cm³/mol. The first-order chi connectivity index (χ1) is 9.11. The van der Waals surface area contributed by atoms with Gasteiger partial charge in [0.1, 0.15) is 0 Å². The molecule has 2 N–H and O–H groups in total. The molecule has 4 heteroatoms. The molecule has 0 aliphatic carbocycles. The zero-order chi connectivity index (χ0) is 13.4. The monoisotopic (exact) mass is 258 g/mol. The molecule has 0 amide bonds. The molecule has 4 nitrogen and oxygen atoms in total. The number of aromatic amines is 1. The van der Waals surface area contributed by atoms with Crippen LogP contribution in [0.3, 0.4) is 0 Å². The number of H-pyrrole nitrogens is 1. The number of hydrogen-bond donors (Lipinski definition) is 2. The van der Waals surface area contributed by atoms with E-state index in [0.717, 1.165) is 35.1 Å². The van der Waals surface area contributed by atoms with Crippen molar-refractivity contribution in [1.82, 2.24) is 9.88 Å². The number of nitrogens with zero attached hydrogens (tertiary/aromatic N) is 1. The Hall–Kier alpha value is -1.65. The van der Waals surface area contributed by atoms with Crippen molar-refractivity contribution in [3.05, 3.63) is 45.7 Å². The molecule has 0 spiro atoms. The molecule has 0 radical (unpaired) electrons. The summed E-state index contributed by atoms with van der Waals surface area (Å²) in [7, 11) is 0. The second-order valence-electron chi connectivity index (χ2n) is 5.39. The van der Waals surface area contributed by atoms with E-state index in [1.54, 1.807) is 6.07 Å². The van der Waals surface area contributed by atoms with Crippen molar-refractivity contribution < 1.29 is 5.11 Å². The Balaban J connectivity index is 1.93. The van der Waals surface area contributed by atoms with Gasteiger partial charge in [0.05, 0.1) is 6.10 Å². The third kappa shape index (κ3) is 2.55. The van der Waals surface area contributed by atoms with Gasteiger partial charge < -0.3 is 10.1 Å². The average molecular weight is 258 g/mol. The lowest BCUT2D eigenvalue weighted by molar-refractivity contribution is 0.174. The van der Waals surface area contributed by atoms with Crippen molar-refractivity contribution in [2.75, 3.05) is 13.1 Å². The maximum Gasteiger partial charge on any atom is 0.189 e. The minimum absolute atomic E-state index is 0.0622. The minimum Gasteiger partial charge on any atom is -0.392 e. The summed E-state index contributed by atoms with van der Waals surface area (Å²) in [6, 6.07) is 7.54. The Bertz CT molecular complexity index is 663. The number of aliphatic hydroxyl groups excluding tert-OH is 1. The van der Waals surface area contributed by atoms with Crippen LogP contribution in [0.5, 0.6) is 0 Å². The molecule has 1 aliphatic rings. The number of nitrogens with one attached hydrogen (secondary N) is 1. The maximum absolute atomic E-state index is 12.1. The van der Waals surface area contributed by atoms with Crippen molar-refractivity contribution in [1.29, 1.82) is 0 Å². The van der Waals surface area contributed by atoms with Gasteiger partial charge in [0, 0.05) is 42.3 Å². The third-order valence-corrected chi connectivity index (χ3v) is 3.68. The molecule has 19 heavy (non-hydrogen) atoms. The van der Waals surface area contributed by atoms with Gasteiger partial charge >= 0.3 is 0 Å². The van der Waals surface area contributed by atoms with Crippen molar-refractivity contribution in [2.24, 2.45) is 0 Å². The lowest BCUT2D eigenvalue weighted by Crippen LogP contribution is -2.23. The molecule has 1 aromatic heterocycles. The molecule has 1 aliphatic heterocycles. The minimum atomic E-state index is -0.227. The van der Waals surface area contributed by atoms with Crippen LogP contribution < -0.4 is 5.43 Å². The molecule has 2 heterocycles. The molecule has 1 atom stereocenters. The van der Waals surface area contributed by atoms with E-state index in [4.69, 9.17) is 0 Å². The van der Waals surface area contributed by atoms with E-state index < -0.39 is 0 Å². The SMILES string of the molecule is Cc1ccc2[nH]c(CN3CC[C@@H](O)C3)cc(=O)c2c1. The molecular weight excluding hydrogens is 240 g/mol. The first-order valence-electron chi connectivity index (χ1n) is 6.65. The summed E-state index contributed by atoms with van der Waals surface area (Å²) in [6.07, 6.45) is 0.589. The van der Waals surface area contributed by atoms with Crippen LogP contribution in [0.1, 0.15) is 17.7 Å². The largest absolute Gasteiger partial charge is 0.392 e. The quantitative estimate of drug-likeness (QED) is 0.856. The highest BCUT2D eigenvalue weighted by Gasteiger charge is 2.20. The van der Waals surface area contributed by atoms with Crippen molar-refractivity contribution >= 4 is 10.9 Å². The molecule has 2 aromatic rings. The highest BCUT2D eigenvalue weighted by atomic mass is 16.3. The zero-order valence-electron chi connectivity index (χ0n) is 11.0. The molecule has 1 aromatic carbocycles. The first-order valence-corrected chi connectivity index (χ1v) is 6.65. The molecule has 1 saturated heterocycles. The fourth-order valence-corrected chi connectivity index (χ4v) is 2.70. The van der Waals surface area contributed by atoms with Crippen molar-refractivity contribution in [3.63, 3.8) is 0 Å². The van der Waals surface area contributed by atoms with Gasteiger partial charge in [-0.3, -0.25) is 9.69 Å². The molecular formula is C15H18N2O2. The number of hydrogen-bond acceptors (Lipinski definition) is 3. The van der Waals surface area contributed by atoms with Crippen LogP contribution >= 0.6 is 0 Å². The summed E-state index contributed by atoms with van der Waals surface area (Å²) in [4.78, 5) is 17.6. The number of fused-ring (bicyclic) bond motifs is 1. The fraction of sp³-hybridized carbons (Fsp3) is 0.400. The Kier molecular flexibility index (Phi) is 3.12. The summed E-state index contributed by atoms with van der Waals surface area (Å²) >= 11 is 0. The van der Waals surface area contributed by atoms with Gasteiger partial charge in [-0.25, -0.2) is 0 Å². The molecule has 3 rings (SSSR count). The van der Waals surface area contributed by atoms with E-state index in [9.17, 15) is 9.90 Å². The summed E-state index contributed by atoms with van der Waals surface area (Å²) < 4.78 is 0. The van der Waals surface area contributed by atoms with Crippen LogP contribution in [0, 0.1) is 6.92 Å². The number of aryl methyl sites for hydroxylation is 1. The number of likely N-dealkylation sites (tertiary alicyclic amines) is 1. The lowest BCUT2D eigenvalue weighted by Gasteiger charge is -2.15. The van der Waals surface area contributed by atoms with Gasteiger partial charge in [-0.05, 0) is 25.5 Å². The Morgan fingerprint density at radius 2 is 2.26 bits per heavy atom. The number of pyridine rings is 1. The zero-order valence-corrected chi connectivity index (χ0v) is 11.0. The first kappa shape index (κ1) is 12.4. The Labute approximate surface area is 111 Å². The van der Waals surface area contributed by atoms with Crippen LogP contribution in [-0.4, -0.2) is 34.2 Å². The number of aromatic nitrogens is 1. The van der Waals surface area contributed by atoms with Gasteiger partial charge in [0.2, 0.25) is 0 Å². The standard InChI is InChI=1S/C15H18N2O2/c1-10-2-3-14-13(6-10)15(19)7-11(16-14)8-17-5-4-12(18)9-17/h2-3,6-7,12,18H,4-5,8-9H2,1H3,(H,16,19)/t12-/m1/s1. The van der Waals surface area contributed by atoms with Gasteiger partial charge in [-0.2, -0.15) is 0 Å². The molecule has 0 bridgehead atoms. The molecule has 100 valence electrons. The van der Waals surface area contributed by atoms with E-state index >= 15 is 0 Å². The number of β-amino-alcohol motifs (C(OH)–C–C–N with tert-alkyl or cyclic N) is 1. The smallest absolute Gasteiger partial charge is 0.189 e. The third-order valence-electron chi connectivity index (χ3n) is 3.68. The number of benzene rings is 1. The lowest BCUT2D eigenvalue weighted by atomic mass is 10.1. The average Bonchev–Trinajstić information content (AvgIpc) is 2.76. The second-order valence-corrected chi connectivity index (χ2v) is 5.39. The van der Waals surface area contributed by atoms with Gasteiger partial charge in [0.25, 0.3) is 0 Å². The van der Waals surface area contributed by atoms with Crippen LogP contribution in [0.25, 0.3) is 10.9 Å². The Morgan fingerprint density at radius 1 is 1.42 bits per heavy atom. The van der Waals surface area contributed by atoms with Crippen LogP contribution in [0.15, 0.2) is 29.1 Å². The molecule has 0 saturated carbocycles. The second kappa shape index (κ2) is 4.79. The maximum atomic E-state index is 12.1. The van der Waals surface area contributed by atoms with E-state index in [1.165, 1.54) is 0 Å². The fourth-order valence-electron chi connectivity index (χ4n) is 2.70. The van der Waals surface area contributed by atoms with E-state index in [-0.39, 0.29) is 11.5 Å². The predicted octanol–water partition coefficient (Wildman–Crippen LogP) is 1.40. The Morgan fingerprint density at radius 3 is 3.00 bits per heavy atom. The number of aliphatic hydroxyl groups is 1. The topological polar surface area (TPSA) is 56.3 Å². The normalized spacial score (nSPS) is 20.2. The summed E-state index contributed by atoms with van der Waals surface area (Å²) in [5, 5.41) is 10.3. The summed E-state index contributed by atoms with van der Waals surface area (Å²) in [5.41, 5.74) is 2.95. The summed E-state index contributed by atoms with van der Waals surface area (Å²) in [6.45, 7) is 4.25. The van der Waals surface area contributed by atoms with Crippen LogP contribution in [0.2, 0.25) is 0 Å². The highest BCUT2D eigenvalue weighted by molar-refractivity contribution is 5.79. The number of rotatable bonds is 2.